The molecule has 28 heavy (non-hydrogen) atoms. The molecule has 3 aromatic rings. The lowest BCUT2D eigenvalue weighted by Crippen LogP contribution is -2.44. The predicted molar refractivity (Wildman–Crippen MR) is 104 cm³/mol. The smallest absolute Gasteiger partial charge is 0.270 e. The summed E-state index contributed by atoms with van der Waals surface area (Å²) in [4.78, 5) is 35.7. The minimum Gasteiger partial charge on any atom is -0.287 e. The molecule has 2 heterocycles. The van der Waals surface area contributed by atoms with Crippen LogP contribution in [0.5, 0.6) is 0 Å². The van der Waals surface area contributed by atoms with Crippen LogP contribution in [0, 0.1) is 14.9 Å². The Kier molecular flexibility index (Phi) is 5.61. The zero-order chi connectivity index (χ0) is 20.3. The average molecular weight is 418 g/mol. The van der Waals surface area contributed by atoms with Crippen LogP contribution in [0.4, 0.5) is 5.69 Å². The Hall–Kier alpha value is -3.38. The molecule has 0 aliphatic carbocycles. The van der Waals surface area contributed by atoms with E-state index in [4.69, 9.17) is 12.2 Å². The molecular weight excluding hydrogens is 404 g/mol. The first-order chi connectivity index (χ1) is 13.4. The van der Waals surface area contributed by atoms with Gasteiger partial charge in [0.15, 0.2) is 10.6 Å². The number of nitro benzene ring substituents is 1. The van der Waals surface area contributed by atoms with E-state index in [9.17, 15) is 19.7 Å². The van der Waals surface area contributed by atoms with Crippen molar-refractivity contribution in [3.8, 4) is 10.7 Å². The van der Waals surface area contributed by atoms with Crippen LogP contribution in [0.25, 0.3) is 10.7 Å². The number of carbonyl (C=O) groups excluding carboxylic acids is 2. The second kappa shape index (κ2) is 8.10. The fraction of sp³-hybridized carbons (Fsp3) is 0.125. The zero-order valence-electron chi connectivity index (χ0n) is 14.4. The highest BCUT2D eigenvalue weighted by Crippen LogP contribution is 2.25. The molecular formula is C16H14N6O4S2. The molecule has 1 atom stereocenters. The Balaban J connectivity index is 1.71. The summed E-state index contributed by atoms with van der Waals surface area (Å²) in [5, 5.41) is 19.5. The van der Waals surface area contributed by atoms with Gasteiger partial charge < -0.3 is 0 Å². The maximum atomic E-state index is 12.5. The van der Waals surface area contributed by atoms with E-state index in [0.717, 1.165) is 10.9 Å². The van der Waals surface area contributed by atoms with Crippen molar-refractivity contribution in [2.45, 2.75) is 13.0 Å². The fourth-order valence-electron chi connectivity index (χ4n) is 2.42. The van der Waals surface area contributed by atoms with Crippen molar-refractivity contribution < 1.29 is 14.5 Å². The van der Waals surface area contributed by atoms with Gasteiger partial charge in [0.25, 0.3) is 17.5 Å². The van der Waals surface area contributed by atoms with Crippen LogP contribution in [0.15, 0.2) is 41.8 Å². The number of aromatic amines is 1. The van der Waals surface area contributed by atoms with Gasteiger partial charge in [0.2, 0.25) is 0 Å². The van der Waals surface area contributed by atoms with Crippen LogP contribution < -0.4 is 10.9 Å². The van der Waals surface area contributed by atoms with Crippen molar-refractivity contribution in [1.82, 2.24) is 25.6 Å². The number of rotatable bonds is 5. The number of hydrazine groups is 1. The number of nitrogens with zero attached hydrogens (tertiary/aromatic N) is 3. The number of hydrogen-bond donors (Lipinski definition) is 3. The highest BCUT2D eigenvalue weighted by atomic mass is 32.1. The van der Waals surface area contributed by atoms with E-state index in [-0.39, 0.29) is 16.0 Å². The summed E-state index contributed by atoms with van der Waals surface area (Å²) in [6, 6.07) is 8.10. The molecule has 0 saturated heterocycles. The molecule has 3 rings (SSSR count). The monoisotopic (exact) mass is 418 g/mol. The Bertz CT molecular complexity index is 1090. The molecule has 0 aliphatic rings. The lowest BCUT2D eigenvalue weighted by molar-refractivity contribution is -0.384. The Morgan fingerprint density at radius 2 is 2.11 bits per heavy atom. The number of hydrogen-bond acceptors (Lipinski definition) is 7. The third-order valence-electron chi connectivity index (χ3n) is 3.83. The molecule has 0 aliphatic heterocycles. The van der Waals surface area contributed by atoms with Crippen LogP contribution in [0.3, 0.4) is 0 Å². The molecule has 2 aromatic heterocycles. The number of carbonyl (C=O) groups is 2. The topological polar surface area (TPSA) is 135 Å². The van der Waals surface area contributed by atoms with E-state index in [2.05, 4.69) is 21.0 Å². The van der Waals surface area contributed by atoms with Crippen LogP contribution in [-0.2, 0) is 4.79 Å². The molecule has 0 saturated carbocycles. The summed E-state index contributed by atoms with van der Waals surface area (Å²) >= 11 is 6.66. The van der Waals surface area contributed by atoms with Crippen LogP contribution >= 0.6 is 23.6 Å². The van der Waals surface area contributed by atoms with Gasteiger partial charge in [-0.15, -0.1) is 11.3 Å². The van der Waals surface area contributed by atoms with E-state index in [1.54, 1.807) is 6.92 Å². The average Bonchev–Trinajstić information content (AvgIpc) is 3.34. The Labute approximate surface area is 167 Å². The largest absolute Gasteiger partial charge is 0.287 e. The third-order valence-corrected chi connectivity index (χ3v) is 4.98. The summed E-state index contributed by atoms with van der Waals surface area (Å²) in [5.41, 5.74) is 4.37. The lowest BCUT2D eigenvalue weighted by Gasteiger charge is -2.15. The first kappa shape index (κ1) is 19.4. The summed E-state index contributed by atoms with van der Waals surface area (Å²) < 4.78 is 1.80. The maximum absolute atomic E-state index is 12.5. The second-order valence-corrected chi connectivity index (χ2v) is 6.96. The SMILES string of the molecule is CC(C(=O)NNC(=O)c1cccc([N+](=O)[O-])c1)n1c(-c2cccs2)n[nH]c1=S. The van der Waals surface area contributed by atoms with Crippen molar-refractivity contribution in [1.29, 1.82) is 0 Å². The number of nitrogens with one attached hydrogen (secondary N) is 3. The van der Waals surface area contributed by atoms with Gasteiger partial charge >= 0.3 is 0 Å². The van der Waals surface area contributed by atoms with Crippen molar-refractivity contribution >= 4 is 41.1 Å². The molecule has 2 amide bonds. The van der Waals surface area contributed by atoms with Gasteiger partial charge in [0.1, 0.15) is 6.04 Å². The molecule has 10 nitrogen and oxygen atoms in total. The number of non-ortho nitro benzene ring substituents is 1. The molecule has 0 bridgehead atoms. The van der Waals surface area contributed by atoms with Gasteiger partial charge in [-0.3, -0.25) is 40.2 Å². The summed E-state index contributed by atoms with van der Waals surface area (Å²) in [6.07, 6.45) is 0. The molecule has 3 N–H and O–H groups in total. The van der Waals surface area contributed by atoms with Crippen LogP contribution in [0.2, 0.25) is 0 Å². The number of amides is 2. The number of benzene rings is 1. The molecule has 1 aromatic carbocycles. The molecule has 1 unspecified atom stereocenters. The third kappa shape index (κ3) is 3.97. The number of aromatic nitrogens is 3. The molecule has 0 radical (unpaired) electrons. The summed E-state index contributed by atoms with van der Waals surface area (Å²) in [6.45, 7) is 1.61. The Morgan fingerprint density at radius 1 is 1.32 bits per heavy atom. The second-order valence-electron chi connectivity index (χ2n) is 5.63. The normalized spacial score (nSPS) is 11.6. The van der Waals surface area contributed by atoms with Crippen molar-refractivity contribution in [3.05, 3.63) is 62.2 Å². The highest BCUT2D eigenvalue weighted by Gasteiger charge is 2.22. The first-order valence-corrected chi connectivity index (χ1v) is 9.22. The molecule has 0 spiro atoms. The van der Waals surface area contributed by atoms with Crippen LogP contribution in [0.1, 0.15) is 23.3 Å². The maximum Gasteiger partial charge on any atom is 0.270 e. The lowest BCUT2D eigenvalue weighted by atomic mass is 10.2. The quantitative estimate of drug-likeness (QED) is 0.331. The van der Waals surface area contributed by atoms with E-state index >= 15 is 0 Å². The van der Waals surface area contributed by atoms with E-state index < -0.39 is 22.8 Å². The van der Waals surface area contributed by atoms with E-state index in [1.165, 1.54) is 34.1 Å². The molecule has 0 fully saturated rings. The molecule has 144 valence electrons. The number of H-pyrrole nitrogens is 1. The highest BCUT2D eigenvalue weighted by molar-refractivity contribution is 7.71. The van der Waals surface area contributed by atoms with Gasteiger partial charge in [-0.2, -0.15) is 5.10 Å². The Morgan fingerprint density at radius 3 is 2.79 bits per heavy atom. The van der Waals surface area contributed by atoms with E-state index in [0.29, 0.717) is 5.82 Å². The van der Waals surface area contributed by atoms with Crippen molar-refractivity contribution in [2.24, 2.45) is 0 Å². The number of nitro groups is 1. The number of thiophene rings is 1. The van der Waals surface area contributed by atoms with Gasteiger partial charge in [-0.1, -0.05) is 12.1 Å². The zero-order valence-corrected chi connectivity index (χ0v) is 16.0. The van der Waals surface area contributed by atoms with Gasteiger partial charge in [-0.05, 0) is 36.7 Å². The standard InChI is InChI=1S/C16H14N6O4S2/c1-9(21-13(17-20-16(21)27)12-6-3-7-28-12)14(23)18-19-15(24)10-4-2-5-11(8-10)22(25)26/h2-9H,1H3,(H,18,23)(H,19,24)(H,20,27). The summed E-state index contributed by atoms with van der Waals surface area (Å²) in [7, 11) is 0. The van der Waals surface area contributed by atoms with Crippen molar-refractivity contribution in [3.63, 3.8) is 0 Å². The minimum atomic E-state index is -0.770. The van der Waals surface area contributed by atoms with Gasteiger partial charge in [-0.25, -0.2) is 0 Å². The predicted octanol–water partition coefficient (Wildman–Crippen LogP) is 2.60. The van der Waals surface area contributed by atoms with Gasteiger partial charge in [0, 0.05) is 17.7 Å². The fourth-order valence-corrected chi connectivity index (χ4v) is 3.42. The molecule has 12 heteroatoms. The van der Waals surface area contributed by atoms with Crippen molar-refractivity contribution in [2.75, 3.05) is 0 Å². The van der Waals surface area contributed by atoms with E-state index in [1.807, 2.05) is 17.5 Å². The van der Waals surface area contributed by atoms with Crippen LogP contribution in [-0.4, -0.2) is 31.5 Å². The first-order valence-electron chi connectivity index (χ1n) is 7.94. The van der Waals surface area contributed by atoms with Gasteiger partial charge in [0.05, 0.1) is 9.80 Å². The minimum absolute atomic E-state index is 0.0429. The summed E-state index contributed by atoms with van der Waals surface area (Å²) in [5.74, 6) is -0.708.